The molecule has 12 heteroatoms. The molecule has 1 unspecified atom stereocenters. The van der Waals surface area contributed by atoms with E-state index < -0.39 is 17.6 Å². The van der Waals surface area contributed by atoms with Crippen molar-refractivity contribution < 1.29 is 27.5 Å². The standard InChI is InChI=1S/C32H32F3N5O3S/c1-22-21-38(17-18-39(22)30(42)24-12-8-13-25(20-24)32(33,34)35)28(41)16-9-19-44-31-37-36-29(23-10-4-3-5-11-23)40(31)26-14-6-7-15-27(26)43-2/h3-8,10-15,20,22H,9,16-19,21H2,1-2H3. The summed E-state index contributed by atoms with van der Waals surface area (Å²) in [5.74, 6) is 1.49. The molecule has 0 radical (unpaired) electrons. The average molecular weight is 624 g/mol. The van der Waals surface area contributed by atoms with Crippen LogP contribution in [0.1, 0.15) is 35.7 Å². The molecule has 1 atom stereocenters. The first-order valence-corrected chi connectivity index (χ1v) is 15.2. The highest BCUT2D eigenvalue weighted by molar-refractivity contribution is 7.99. The van der Waals surface area contributed by atoms with Crippen LogP contribution in [-0.2, 0) is 11.0 Å². The molecule has 0 N–H and O–H groups in total. The van der Waals surface area contributed by atoms with E-state index in [2.05, 4.69) is 10.2 Å². The molecule has 1 aromatic heterocycles. The van der Waals surface area contributed by atoms with Gasteiger partial charge in [0.2, 0.25) is 5.91 Å². The van der Waals surface area contributed by atoms with E-state index in [9.17, 15) is 22.8 Å². The fraction of sp³-hybridized carbons (Fsp3) is 0.312. The van der Waals surface area contributed by atoms with Gasteiger partial charge in [-0.25, -0.2) is 0 Å². The van der Waals surface area contributed by atoms with Crippen LogP contribution in [0.5, 0.6) is 5.75 Å². The highest BCUT2D eigenvalue weighted by Gasteiger charge is 2.33. The van der Waals surface area contributed by atoms with Crippen molar-refractivity contribution in [1.82, 2.24) is 24.6 Å². The molecule has 0 aliphatic carbocycles. The Bertz CT molecular complexity index is 1610. The quantitative estimate of drug-likeness (QED) is 0.163. The van der Waals surface area contributed by atoms with Crippen molar-refractivity contribution in [3.8, 4) is 22.8 Å². The van der Waals surface area contributed by atoms with Gasteiger partial charge in [-0.2, -0.15) is 13.2 Å². The number of alkyl halides is 3. The molecule has 1 fully saturated rings. The minimum Gasteiger partial charge on any atom is -0.495 e. The second kappa shape index (κ2) is 13.5. The smallest absolute Gasteiger partial charge is 0.416 e. The molecule has 0 bridgehead atoms. The largest absolute Gasteiger partial charge is 0.495 e. The highest BCUT2D eigenvalue weighted by Crippen LogP contribution is 2.33. The maximum absolute atomic E-state index is 13.1. The van der Waals surface area contributed by atoms with E-state index in [0.717, 1.165) is 23.4 Å². The lowest BCUT2D eigenvalue weighted by molar-refractivity contribution is -0.137. The summed E-state index contributed by atoms with van der Waals surface area (Å²) >= 11 is 1.50. The van der Waals surface area contributed by atoms with Gasteiger partial charge in [-0.3, -0.25) is 14.2 Å². The number of benzene rings is 3. The van der Waals surface area contributed by atoms with Crippen LogP contribution in [0, 0.1) is 0 Å². The van der Waals surface area contributed by atoms with Gasteiger partial charge in [-0.05, 0) is 43.7 Å². The fourth-order valence-electron chi connectivity index (χ4n) is 5.19. The number of methoxy groups -OCH3 is 1. The van der Waals surface area contributed by atoms with Gasteiger partial charge in [-0.1, -0.05) is 60.3 Å². The molecule has 1 saturated heterocycles. The normalized spacial score (nSPS) is 15.3. The molecule has 2 heterocycles. The number of thioether (sulfide) groups is 1. The minimum absolute atomic E-state index is 0.0140. The monoisotopic (exact) mass is 623 g/mol. The summed E-state index contributed by atoms with van der Waals surface area (Å²) in [6.45, 7) is 2.69. The van der Waals surface area contributed by atoms with Gasteiger partial charge < -0.3 is 14.5 Å². The van der Waals surface area contributed by atoms with Crippen LogP contribution in [0.4, 0.5) is 13.2 Å². The average Bonchev–Trinajstić information content (AvgIpc) is 3.46. The summed E-state index contributed by atoms with van der Waals surface area (Å²) in [7, 11) is 1.62. The summed E-state index contributed by atoms with van der Waals surface area (Å²) in [5.41, 5.74) is 0.844. The molecule has 8 nitrogen and oxygen atoms in total. The number of nitrogens with zero attached hydrogens (tertiary/aromatic N) is 5. The van der Waals surface area contributed by atoms with Gasteiger partial charge in [0.25, 0.3) is 5.91 Å². The van der Waals surface area contributed by atoms with Gasteiger partial charge in [-0.15, -0.1) is 10.2 Å². The zero-order valence-corrected chi connectivity index (χ0v) is 25.1. The van der Waals surface area contributed by atoms with E-state index in [1.165, 1.54) is 28.8 Å². The Balaban J connectivity index is 1.19. The number of carbonyl (C=O) groups excluding carboxylic acids is 2. The van der Waals surface area contributed by atoms with Crippen molar-refractivity contribution in [3.05, 3.63) is 90.0 Å². The molecular formula is C32H32F3N5O3S. The minimum atomic E-state index is -4.53. The molecule has 44 heavy (non-hydrogen) atoms. The second-order valence-corrected chi connectivity index (χ2v) is 11.5. The van der Waals surface area contributed by atoms with Gasteiger partial charge in [0.05, 0.1) is 18.4 Å². The Hall–Kier alpha value is -4.32. The van der Waals surface area contributed by atoms with Crippen molar-refractivity contribution in [3.63, 3.8) is 0 Å². The molecule has 0 saturated carbocycles. The first-order chi connectivity index (χ1) is 21.2. The fourth-order valence-corrected chi connectivity index (χ4v) is 6.08. The number of hydrogen-bond acceptors (Lipinski definition) is 6. The summed E-state index contributed by atoms with van der Waals surface area (Å²) in [6, 6.07) is 21.5. The lowest BCUT2D eigenvalue weighted by atomic mass is 10.1. The Morgan fingerprint density at radius 2 is 1.73 bits per heavy atom. The molecule has 3 aromatic carbocycles. The first kappa shape index (κ1) is 31.1. The zero-order valence-electron chi connectivity index (χ0n) is 24.3. The Kier molecular flexibility index (Phi) is 9.58. The molecule has 1 aliphatic heterocycles. The second-order valence-electron chi connectivity index (χ2n) is 10.4. The number of halogens is 3. The number of amides is 2. The third kappa shape index (κ3) is 6.91. The number of ether oxygens (including phenoxy) is 1. The number of hydrogen-bond donors (Lipinski definition) is 0. The maximum Gasteiger partial charge on any atom is 0.416 e. The molecule has 0 spiro atoms. The van der Waals surface area contributed by atoms with Crippen molar-refractivity contribution >= 4 is 23.6 Å². The van der Waals surface area contributed by atoms with E-state index in [1.807, 2.05) is 59.2 Å². The Labute approximate surface area is 257 Å². The third-order valence-corrected chi connectivity index (χ3v) is 8.45. The van der Waals surface area contributed by atoms with Crippen LogP contribution in [0.3, 0.4) is 0 Å². The van der Waals surface area contributed by atoms with Gasteiger partial charge in [0.1, 0.15) is 5.75 Å². The van der Waals surface area contributed by atoms with E-state index in [1.54, 1.807) is 18.9 Å². The molecule has 1 aliphatic rings. The number of piperazine rings is 1. The number of carbonyl (C=O) groups is 2. The van der Waals surface area contributed by atoms with Crippen LogP contribution in [0.2, 0.25) is 0 Å². The number of rotatable bonds is 9. The van der Waals surface area contributed by atoms with Crippen LogP contribution < -0.4 is 4.74 Å². The third-order valence-electron chi connectivity index (χ3n) is 7.44. The Morgan fingerprint density at radius 3 is 2.45 bits per heavy atom. The molecule has 5 rings (SSSR count). The number of aromatic nitrogens is 3. The van der Waals surface area contributed by atoms with Gasteiger partial charge >= 0.3 is 6.18 Å². The van der Waals surface area contributed by atoms with Crippen LogP contribution in [0.15, 0.2) is 84.0 Å². The summed E-state index contributed by atoms with van der Waals surface area (Å²) in [6.07, 6.45) is -3.62. The van der Waals surface area contributed by atoms with E-state index in [0.29, 0.717) is 48.4 Å². The molecule has 2 amide bonds. The molecule has 4 aromatic rings. The lowest BCUT2D eigenvalue weighted by Crippen LogP contribution is -2.55. The molecule has 230 valence electrons. The zero-order chi connectivity index (χ0) is 31.3. The van der Waals surface area contributed by atoms with Crippen molar-refractivity contribution in [2.75, 3.05) is 32.5 Å². The number of para-hydroxylation sites is 2. The van der Waals surface area contributed by atoms with Crippen molar-refractivity contribution in [2.24, 2.45) is 0 Å². The van der Waals surface area contributed by atoms with E-state index >= 15 is 0 Å². The predicted molar refractivity (Wildman–Crippen MR) is 162 cm³/mol. The first-order valence-electron chi connectivity index (χ1n) is 14.2. The highest BCUT2D eigenvalue weighted by atomic mass is 32.2. The van der Waals surface area contributed by atoms with Gasteiger partial charge in [0.15, 0.2) is 11.0 Å². The summed E-state index contributed by atoms with van der Waals surface area (Å²) in [5, 5.41) is 9.60. The SMILES string of the molecule is COc1ccccc1-n1c(SCCCC(=O)N2CCN(C(=O)c3cccc(C(F)(F)F)c3)C(C)C2)nnc1-c1ccccc1. The molecular weight excluding hydrogens is 591 g/mol. The van der Waals surface area contributed by atoms with Gasteiger partial charge in [0, 0.05) is 49.0 Å². The summed E-state index contributed by atoms with van der Waals surface area (Å²) < 4.78 is 47.0. The van der Waals surface area contributed by atoms with Crippen LogP contribution >= 0.6 is 11.8 Å². The van der Waals surface area contributed by atoms with Crippen molar-refractivity contribution in [2.45, 2.75) is 37.1 Å². The van der Waals surface area contributed by atoms with E-state index in [4.69, 9.17) is 4.74 Å². The predicted octanol–water partition coefficient (Wildman–Crippen LogP) is 6.21. The maximum atomic E-state index is 13.1. The summed E-state index contributed by atoms with van der Waals surface area (Å²) in [4.78, 5) is 29.3. The van der Waals surface area contributed by atoms with Crippen LogP contribution in [0.25, 0.3) is 17.1 Å². The lowest BCUT2D eigenvalue weighted by Gasteiger charge is -2.40. The Morgan fingerprint density at radius 1 is 0.977 bits per heavy atom. The van der Waals surface area contributed by atoms with Crippen molar-refractivity contribution in [1.29, 1.82) is 0 Å². The van der Waals surface area contributed by atoms with Crippen LogP contribution in [-0.4, -0.2) is 74.9 Å². The topological polar surface area (TPSA) is 80.6 Å². The van der Waals surface area contributed by atoms with E-state index in [-0.39, 0.29) is 24.1 Å².